The summed E-state index contributed by atoms with van der Waals surface area (Å²) < 4.78 is 37.6. The summed E-state index contributed by atoms with van der Waals surface area (Å²) >= 11 is 0. The third-order valence-electron chi connectivity index (χ3n) is 4.70. The molecular weight excluding hydrogens is 323 g/mol. The van der Waals surface area contributed by atoms with Crippen LogP contribution in [0.4, 0.5) is 19.1 Å². The summed E-state index contributed by atoms with van der Waals surface area (Å²) in [5, 5.41) is 3.22. The van der Waals surface area contributed by atoms with Gasteiger partial charge in [0.05, 0.1) is 11.0 Å². The summed E-state index contributed by atoms with van der Waals surface area (Å²) in [5.74, 6) is 0.407. The minimum atomic E-state index is -4.44. The van der Waals surface area contributed by atoms with Crippen LogP contribution in [0.1, 0.15) is 18.9 Å². The molecule has 9 heteroatoms. The molecule has 1 aromatic rings. The molecule has 3 heterocycles. The van der Waals surface area contributed by atoms with Crippen molar-refractivity contribution in [3.8, 4) is 0 Å². The molecular formula is C15H20F3N5O. The normalized spacial score (nSPS) is 25.2. The molecule has 6 nitrogen and oxygen atoms in total. The number of rotatable bonds is 2. The molecule has 0 bridgehead atoms. The predicted molar refractivity (Wildman–Crippen MR) is 81.4 cm³/mol. The summed E-state index contributed by atoms with van der Waals surface area (Å²) in [6.07, 6.45) is -2.02. The van der Waals surface area contributed by atoms with E-state index in [4.69, 9.17) is 0 Å². The van der Waals surface area contributed by atoms with Crippen molar-refractivity contribution in [1.82, 2.24) is 20.2 Å². The fraction of sp³-hybridized carbons (Fsp3) is 0.667. The van der Waals surface area contributed by atoms with Crippen LogP contribution in [0, 0.1) is 5.41 Å². The minimum absolute atomic E-state index is 0.139. The molecule has 2 saturated heterocycles. The van der Waals surface area contributed by atoms with Crippen LogP contribution in [0.3, 0.4) is 0 Å². The standard InChI is InChI=1S/C15H20F3N5O/c1-14(2-3-19-10-14)12(24)22-4-6-23(7-5-22)13-20-8-11(9-21-13)15(16,17)18/h8-9,19H,2-7,10H2,1H3. The Hall–Kier alpha value is -1.90. The van der Waals surface area contributed by atoms with E-state index in [9.17, 15) is 18.0 Å². The first kappa shape index (κ1) is 16.9. The molecule has 132 valence electrons. The van der Waals surface area contributed by atoms with Crippen molar-refractivity contribution in [3.05, 3.63) is 18.0 Å². The maximum atomic E-state index is 12.6. The molecule has 1 unspecified atom stereocenters. The molecule has 0 aromatic carbocycles. The lowest BCUT2D eigenvalue weighted by atomic mass is 9.88. The average Bonchev–Trinajstić information content (AvgIpc) is 3.02. The van der Waals surface area contributed by atoms with Crippen LogP contribution in [0.2, 0.25) is 0 Å². The average molecular weight is 343 g/mol. The highest BCUT2D eigenvalue weighted by atomic mass is 19.4. The number of nitrogens with one attached hydrogen (secondary N) is 1. The first-order chi connectivity index (χ1) is 11.3. The third kappa shape index (κ3) is 3.31. The van der Waals surface area contributed by atoms with Gasteiger partial charge in [0.15, 0.2) is 0 Å². The second-order valence-corrected chi connectivity index (χ2v) is 6.54. The van der Waals surface area contributed by atoms with Gasteiger partial charge in [-0.05, 0) is 19.9 Å². The Bertz CT molecular complexity index is 590. The van der Waals surface area contributed by atoms with E-state index in [-0.39, 0.29) is 17.3 Å². The molecule has 1 atom stereocenters. The maximum Gasteiger partial charge on any atom is 0.419 e. The zero-order valence-electron chi connectivity index (χ0n) is 13.4. The summed E-state index contributed by atoms with van der Waals surface area (Å²) in [5.41, 5.74) is -1.21. The molecule has 1 N–H and O–H groups in total. The Balaban J connectivity index is 1.60. The summed E-state index contributed by atoms with van der Waals surface area (Å²) in [7, 11) is 0. The van der Waals surface area contributed by atoms with E-state index in [1.165, 1.54) is 0 Å². The van der Waals surface area contributed by atoms with Gasteiger partial charge in [-0.25, -0.2) is 9.97 Å². The van der Waals surface area contributed by atoms with Crippen molar-refractivity contribution in [2.75, 3.05) is 44.2 Å². The van der Waals surface area contributed by atoms with Gasteiger partial charge in [-0.2, -0.15) is 13.2 Å². The first-order valence-electron chi connectivity index (χ1n) is 7.94. The molecule has 2 fully saturated rings. The summed E-state index contributed by atoms with van der Waals surface area (Å²) in [6, 6.07) is 0. The molecule has 0 aliphatic carbocycles. The van der Waals surface area contributed by atoms with Crippen LogP contribution >= 0.6 is 0 Å². The number of aromatic nitrogens is 2. The van der Waals surface area contributed by atoms with Crippen LogP contribution in [0.15, 0.2) is 12.4 Å². The van der Waals surface area contributed by atoms with Gasteiger partial charge in [0, 0.05) is 45.1 Å². The van der Waals surface area contributed by atoms with Crippen molar-refractivity contribution in [3.63, 3.8) is 0 Å². The van der Waals surface area contributed by atoms with Crippen molar-refractivity contribution >= 4 is 11.9 Å². The Kier molecular flexibility index (Phi) is 4.37. The number of carbonyl (C=O) groups is 1. The Morgan fingerprint density at radius 2 is 1.83 bits per heavy atom. The van der Waals surface area contributed by atoms with Crippen LogP contribution in [0.25, 0.3) is 0 Å². The van der Waals surface area contributed by atoms with E-state index in [0.717, 1.165) is 25.4 Å². The molecule has 3 rings (SSSR count). The number of anilines is 1. The third-order valence-corrected chi connectivity index (χ3v) is 4.70. The molecule has 0 radical (unpaired) electrons. The maximum absolute atomic E-state index is 12.6. The fourth-order valence-electron chi connectivity index (χ4n) is 3.12. The number of alkyl halides is 3. The first-order valence-corrected chi connectivity index (χ1v) is 7.94. The van der Waals surface area contributed by atoms with Crippen molar-refractivity contribution < 1.29 is 18.0 Å². The van der Waals surface area contributed by atoms with Crippen molar-refractivity contribution in [2.24, 2.45) is 5.41 Å². The lowest BCUT2D eigenvalue weighted by molar-refractivity contribution is -0.140. The lowest BCUT2D eigenvalue weighted by Crippen LogP contribution is -2.53. The van der Waals surface area contributed by atoms with E-state index in [1.54, 1.807) is 4.90 Å². The predicted octanol–water partition coefficient (Wildman–Crippen LogP) is 1.14. The van der Waals surface area contributed by atoms with E-state index < -0.39 is 11.7 Å². The SMILES string of the molecule is CC1(C(=O)N2CCN(c3ncc(C(F)(F)F)cn3)CC2)CCNC1. The Morgan fingerprint density at radius 1 is 1.21 bits per heavy atom. The highest BCUT2D eigenvalue weighted by Crippen LogP contribution is 2.29. The number of carbonyl (C=O) groups excluding carboxylic acids is 1. The highest BCUT2D eigenvalue weighted by molar-refractivity contribution is 5.83. The monoisotopic (exact) mass is 343 g/mol. The van der Waals surface area contributed by atoms with E-state index in [1.807, 2.05) is 11.8 Å². The quantitative estimate of drug-likeness (QED) is 0.873. The Labute approximate surface area is 138 Å². The number of hydrogen-bond acceptors (Lipinski definition) is 5. The topological polar surface area (TPSA) is 61.4 Å². The highest BCUT2D eigenvalue weighted by Gasteiger charge is 2.40. The number of amides is 1. The number of halogens is 3. The minimum Gasteiger partial charge on any atom is -0.339 e. The van der Waals surface area contributed by atoms with Crippen molar-refractivity contribution in [2.45, 2.75) is 19.5 Å². The number of nitrogens with zero attached hydrogens (tertiary/aromatic N) is 4. The largest absolute Gasteiger partial charge is 0.419 e. The second-order valence-electron chi connectivity index (χ2n) is 6.54. The zero-order valence-corrected chi connectivity index (χ0v) is 13.4. The second kappa shape index (κ2) is 6.19. The van der Waals surface area contributed by atoms with Gasteiger partial charge in [-0.3, -0.25) is 4.79 Å². The van der Waals surface area contributed by atoms with E-state index in [0.29, 0.717) is 32.7 Å². The fourth-order valence-corrected chi connectivity index (χ4v) is 3.12. The summed E-state index contributed by atoms with van der Waals surface area (Å²) in [4.78, 5) is 23.9. The van der Waals surface area contributed by atoms with Crippen LogP contribution in [0.5, 0.6) is 0 Å². The molecule has 0 spiro atoms. The molecule has 2 aliphatic heterocycles. The van der Waals surface area contributed by atoms with E-state index in [2.05, 4.69) is 15.3 Å². The smallest absolute Gasteiger partial charge is 0.339 e. The molecule has 2 aliphatic rings. The lowest BCUT2D eigenvalue weighted by Gasteiger charge is -2.38. The van der Waals surface area contributed by atoms with E-state index >= 15 is 0 Å². The van der Waals surface area contributed by atoms with Gasteiger partial charge in [0.2, 0.25) is 11.9 Å². The van der Waals surface area contributed by atoms with Gasteiger partial charge in [0.1, 0.15) is 0 Å². The van der Waals surface area contributed by atoms with Crippen LogP contribution < -0.4 is 10.2 Å². The summed E-state index contributed by atoms with van der Waals surface area (Å²) in [6.45, 7) is 5.59. The molecule has 1 amide bonds. The van der Waals surface area contributed by atoms with Gasteiger partial charge >= 0.3 is 6.18 Å². The van der Waals surface area contributed by atoms with Crippen molar-refractivity contribution in [1.29, 1.82) is 0 Å². The van der Waals surface area contributed by atoms with Gasteiger partial charge < -0.3 is 15.1 Å². The van der Waals surface area contributed by atoms with Crippen LogP contribution in [-0.4, -0.2) is 60.0 Å². The number of piperazine rings is 1. The van der Waals surface area contributed by atoms with Gasteiger partial charge in [-0.1, -0.05) is 0 Å². The molecule has 0 saturated carbocycles. The van der Waals surface area contributed by atoms with Crippen LogP contribution in [-0.2, 0) is 11.0 Å². The number of hydrogen-bond donors (Lipinski definition) is 1. The van der Waals surface area contributed by atoms with Gasteiger partial charge in [-0.15, -0.1) is 0 Å². The van der Waals surface area contributed by atoms with Gasteiger partial charge in [0.25, 0.3) is 0 Å². The zero-order chi connectivity index (χ0) is 17.4. The molecule has 24 heavy (non-hydrogen) atoms. The molecule has 1 aromatic heterocycles. The Morgan fingerprint density at radius 3 is 2.33 bits per heavy atom.